The summed E-state index contributed by atoms with van der Waals surface area (Å²) in [5.74, 6) is 0. The molecule has 0 aromatic carbocycles. The molecule has 0 atom stereocenters. The molecule has 64 valence electrons. The summed E-state index contributed by atoms with van der Waals surface area (Å²) in [4.78, 5) is 0. The fourth-order valence-corrected chi connectivity index (χ4v) is 3.51. The van der Waals surface area contributed by atoms with Crippen molar-refractivity contribution in [3.8, 4) is 0 Å². The fraction of sp³-hybridized carbons (Fsp3) is 0.667. The minimum absolute atomic E-state index is 0.719. The van der Waals surface area contributed by atoms with E-state index in [4.69, 9.17) is 0 Å². The first kappa shape index (κ1) is 6.94. The lowest BCUT2D eigenvalue weighted by Gasteiger charge is -2.62. The van der Waals surface area contributed by atoms with Gasteiger partial charge in [-0.05, 0) is 49.4 Å². The molecular weight excluding hydrogens is 144 g/mol. The highest BCUT2D eigenvalue weighted by Gasteiger charge is 2.57. The summed E-state index contributed by atoms with van der Waals surface area (Å²) in [7, 11) is 0. The molecule has 3 aliphatic rings. The van der Waals surface area contributed by atoms with Gasteiger partial charge in [0.25, 0.3) is 0 Å². The molecule has 1 fully saturated rings. The molecule has 0 heteroatoms. The van der Waals surface area contributed by atoms with Crippen molar-refractivity contribution in [1.82, 2.24) is 0 Å². The SMILES string of the molecule is C1=CCC23CC=CCC2(C1)CC3. The Morgan fingerprint density at radius 2 is 0.917 bits per heavy atom. The maximum Gasteiger partial charge on any atom is -0.0166 e. The number of hydrogen-bond acceptors (Lipinski definition) is 0. The third-order valence-electron chi connectivity index (χ3n) is 4.57. The predicted octanol–water partition coefficient (Wildman–Crippen LogP) is 3.45. The van der Waals surface area contributed by atoms with Gasteiger partial charge in [0.2, 0.25) is 0 Å². The van der Waals surface area contributed by atoms with Crippen LogP contribution in [0.4, 0.5) is 0 Å². The van der Waals surface area contributed by atoms with E-state index in [1.165, 1.54) is 38.5 Å². The van der Waals surface area contributed by atoms with Gasteiger partial charge in [0, 0.05) is 0 Å². The van der Waals surface area contributed by atoms with Crippen LogP contribution in [-0.4, -0.2) is 0 Å². The Balaban J connectivity index is 2.04. The molecule has 3 rings (SSSR count). The minimum Gasteiger partial charge on any atom is -0.0879 e. The zero-order chi connectivity index (χ0) is 8.07. The maximum absolute atomic E-state index is 2.41. The topological polar surface area (TPSA) is 0 Å². The molecule has 3 aliphatic carbocycles. The second-order valence-electron chi connectivity index (χ2n) is 4.82. The predicted molar refractivity (Wildman–Crippen MR) is 50.8 cm³/mol. The van der Waals surface area contributed by atoms with Crippen molar-refractivity contribution in [3.05, 3.63) is 24.3 Å². The van der Waals surface area contributed by atoms with Gasteiger partial charge in [-0.15, -0.1) is 0 Å². The van der Waals surface area contributed by atoms with E-state index in [9.17, 15) is 0 Å². The van der Waals surface area contributed by atoms with Gasteiger partial charge in [0.15, 0.2) is 0 Å². The zero-order valence-corrected chi connectivity index (χ0v) is 7.55. The summed E-state index contributed by atoms with van der Waals surface area (Å²) in [6.07, 6.45) is 18.1. The zero-order valence-electron chi connectivity index (χ0n) is 7.55. The van der Waals surface area contributed by atoms with Crippen LogP contribution >= 0.6 is 0 Å². The molecule has 0 heterocycles. The third kappa shape index (κ3) is 0.608. The monoisotopic (exact) mass is 160 g/mol. The number of allylic oxidation sites excluding steroid dienone is 4. The van der Waals surface area contributed by atoms with Crippen LogP contribution < -0.4 is 0 Å². The van der Waals surface area contributed by atoms with Crippen LogP contribution in [0.25, 0.3) is 0 Å². The highest BCUT2D eigenvalue weighted by atomic mass is 14.6. The minimum atomic E-state index is 0.719. The van der Waals surface area contributed by atoms with Gasteiger partial charge in [0.1, 0.15) is 0 Å². The first-order valence-electron chi connectivity index (χ1n) is 5.17. The molecule has 0 amide bonds. The van der Waals surface area contributed by atoms with Crippen LogP contribution in [0, 0.1) is 10.8 Å². The van der Waals surface area contributed by atoms with E-state index in [1.54, 1.807) is 0 Å². The summed E-state index contributed by atoms with van der Waals surface area (Å²) in [6.45, 7) is 0. The summed E-state index contributed by atoms with van der Waals surface area (Å²) >= 11 is 0. The molecule has 0 aliphatic heterocycles. The Morgan fingerprint density at radius 1 is 0.583 bits per heavy atom. The van der Waals surface area contributed by atoms with Crippen LogP contribution in [0.15, 0.2) is 24.3 Å². The van der Waals surface area contributed by atoms with E-state index in [1.807, 2.05) is 0 Å². The van der Waals surface area contributed by atoms with E-state index in [0.717, 1.165) is 10.8 Å². The Morgan fingerprint density at radius 3 is 1.17 bits per heavy atom. The number of rotatable bonds is 0. The van der Waals surface area contributed by atoms with Crippen molar-refractivity contribution in [3.63, 3.8) is 0 Å². The van der Waals surface area contributed by atoms with Crippen LogP contribution in [0.3, 0.4) is 0 Å². The quantitative estimate of drug-likeness (QED) is 0.476. The second-order valence-corrected chi connectivity index (χ2v) is 4.82. The van der Waals surface area contributed by atoms with Crippen molar-refractivity contribution in [1.29, 1.82) is 0 Å². The molecule has 12 heavy (non-hydrogen) atoms. The molecule has 0 N–H and O–H groups in total. The molecule has 0 spiro atoms. The van der Waals surface area contributed by atoms with Crippen LogP contribution in [-0.2, 0) is 0 Å². The molecular formula is C12H16. The highest BCUT2D eigenvalue weighted by Crippen LogP contribution is 2.68. The first-order chi connectivity index (χ1) is 5.87. The van der Waals surface area contributed by atoms with Crippen LogP contribution in [0.1, 0.15) is 38.5 Å². The van der Waals surface area contributed by atoms with Crippen molar-refractivity contribution in [2.45, 2.75) is 38.5 Å². The van der Waals surface area contributed by atoms with Crippen LogP contribution in [0.5, 0.6) is 0 Å². The van der Waals surface area contributed by atoms with Gasteiger partial charge in [0.05, 0.1) is 0 Å². The van der Waals surface area contributed by atoms with Crippen molar-refractivity contribution in [2.24, 2.45) is 10.8 Å². The van der Waals surface area contributed by atoms with Gasteiger partial charge in [-0.2, -0.15) is 0 Å². The van der Waals surface area contributed by atoms with Gasteiger partial charge < -0.3 is 0 Å². The Hall–Kier alpha value is -0.520. The molecule has 0 aromatic rings. The molecule has 0 bridgehead atoms. The highest BCUT2D eigenvalue weighted by molar-refractivity contribution is 5.21. The van der Waals surface area contributed by atoms with Crippen LogP contribution in [0.2, 0.25) is 0 Å². The largest absolute Gasteiger partial charge is 0.0879 e. The molecule has 0 saturated heterocycles. The third-order valence-corrected chi connectivity index (χ3v) is 4.57. The summed E-state index contributed by atoms with van der Waals surface area (Å²) in [6, 6.07) is 0. The Kier molecular flexibility index (Phi) is 1.18. The van der Waals surface area contributed by atoms with E-state index in [2.05, 4.69) is 24.3 Å². The van der Waals surface area contributed by atoms with E-state index >= 15 is 0 Å². The van der Waals surface area contributed by atoms with Crippen molar-refractivity contribution < 1.29 is 0 Å². The Labute approximate surface area is 74.4 Å². The molecule has 1 saturated carbocycles. The smallest absolute Gasteiger partial charge is 0.0166 e. The van der Waals surface area contributed by atoms with Crippen molar-refractivity contribution in [2.75, 3.05) is 0 Å². The lowest BCUT2D eigenvalue weighted by atomic mass is 9.42. The van der Waals surface area contributed by atoms with Gasteiger partial charge in [-0.1, -0.05) is 24.3 Å². The summed E-state index contributed by atoms with van der Waals surface area (Å²) in [5, 5.41) is 0. The average Bonchev–Trinajstić information content (AvgIpc) is 2.09. The fourth-order valence-electron chi connectivity index (χ4n) is 3.51. The molecule has 0 aromatic heterocycles. The molecule has 0 unspecified atom stereocenters. The van der Waals surface area contributed by atoms with Gasteiger partial charge in [-0.25, -0.2) is 0 Å². The normalized spacial score (nSPS) is 49.3. The standard InChI is InChI=1S/C12H16/c1-2-6-12-8-4-3-7-11(12,5-1)9-10-12/h1-4H,5-10H2. The van der Waals surface area contributed by atoms with E-state index < -0.39 is 0 Å². The van der Waals surface area contributed by atoms with E-state index in [0.29, 0.717) is 0 Å². The lowest BCUT2D eigenvalue weighted by Crippen LogP contribution is -2.52. The lowest BCUT2D eigenvalue weighted by molar-refractivity contribution is -0.0855. The van der Waals surface area contributed by atoms with Gasteiger partial charge >= 0.3 is 0 Å². The van der Waals surface area contributed by atoms with Crippen molar-refractivity contribution >= 4 is 0 Å². The molecule has 0 radical (unpaired) electrons. The van der Waals surface area contributed by atoms with Gasteiger partial charge in [-0.3, -0.25) is 0 Å². The average molecular weight is 160 g/mol. The maximum atomic E-state index is 2.41. The second kappa shape index (κ2) is 2.04. The summed E-state index contributed by atoms with van der Waals surface area (Å²) < 4.78 is 0. The summed E-state index contributed by atoms with van der Waals surface area (Å²) in [5.41, 5.74) is 1.44. The van der Waals surface area contributed by atoms with E-state index in [-0.39, 0.29) is 0 Å². The Bertz CT molecular complexity index is 213. The molecule has 0 nitrogen and oxygen atoms in total. The number of hydrogen-bond donors (Lipinski definition) is 0. The first-order valence-corrected chi connectivity index (χ1v) is 5.17.